The number of hydrogen-bond donors (Lipinski definition) is 0. The van der Waals surface area contributed by atoms with Crippen molar-refractivity contribution in [2.24, 2.45) is 0 Å². The predicted molar refractivity (Wildman–Crippen MR) is 298 cm³/mol. The first kappa shape index (κ1) is 65.8. The monoisotopic (exact) mass is 963 g/mol. The summed E-state index contributed by atoms with van der Waals surface area (Å²) < 4.78 is 16.9. The van der Waals surface area contributed by atoms with Crippen molar-refractivity contribution in [3.63, 3.8) is 0 Å². The highest BCUT2D eigenvalue weighted by Gasteiger charge is 2.19. The Labute approximate surface area is 427 Å². The van der Waals surface area contributed by atoms with Crippen molar-refractivity contribution in [3.05, 3.63) is 72.9 Å². The van der Waals surface area contributed by atoms with Gasteiger partial charge in [0.2, 0.25) is 0 Å². The highest BCUT2D eigenvalue weighted by Crippen LogP contribution is 2.14. The Morgan fingerprint density at radius 3 is 0.855 bits per heavy atom. The fourth-order valence-electron chi connectivity index (χ4n) is 8.18. The number of unbranched alkanes of at least 4 members (excludes halogenated alkanes) is 30. The van der Waals surface area contributed by atoms with Gasteiger partial charge in [0, 0.05) is 19.3 Å². The second kappa shape index (κ2) is 57.4. The van der Waals surface area contributed by atoms with Crippen LogP contribution in [0.2, 0.25) is 0 Å². The maximum Gasteiger partial charge on any atom is 0.306 e. The molecule has 0 radical (unpaired) electrons. The lowest BCUT2D eigenvalue weighted by atomic mass is 10.1. The summed E-state index contributed by atoms with van der Waals surface area (Å²) in [5.74, 6) is -0.916. The molecule has 398 valence electrons. The van der Waals surface area contributed by atoms with Gasteiger partial charge in [0.15, 0.2) is 6.10 Å². The van der Waals surface area contributed by atoms with E-state index in [0.29, 0.717) is 19.3 Å². The molecule has 6 nitrogen and oxygen atoms in total. The van der Waals surface area contributed by atoms with Crippen LogP contribution in [0.5, 0.6) is 0 Å². The van der Waals surface area contributed by atoms with Crippen molar-refractivity contribution < 1.29 is 28.6 Å². The Balaban J connectivity index is 4.41. The van der Waals surface area contributed by atoms with Crippen LogP contribution in [0.25, 0.3) is 0 Å². The normalized spacial score (nSPS) is 12.6. The van der Waals surface area contributed by atoms with Gasteiger partial charge in [0.25, 0.3) is 0 Å². The second-order valence-corrected chi connectivity index (χ2v) is 19.5. The summed E-state index contributed by atoms with van der Waals surface area (Å²) >= 11 is 0. The van der Waals surface area contributed by atoms with Gasteiger partial charge in [-0.25, -0.2) is 0 Å². The van der Waals surface area contributed by atoms with Gasteiger partial charge in [0.1, 0.15) is 13.2 Å². The molecule has 0 aliphatic carbocycles. The third-order valence-corrected chi connectivity index (χ3v) is 12.7. The van der Waals surface area contributed by atoms with E-state index in [1.807, 2.05) is 0 Å². The molecule has 1 unspecified atom stereocenters. The summed E-state index contributed by atoms with van der Waals surface area (Å²) in [6.07, 6.45) is 73.1. The first-order valence-electron chi connectivity index (χ1n) is 29.4. The Kier molecular flexibility index (Phi) is 54.8. The van der Waals surface area contributed by atoms with Crippen LogP contribution in [0.15, 0.2) is 72.9 Å². The number of hydrogen-bond acceptors (Lipinski definition) is 6. The van der Waals surface area contributed by atoms with E-state index in [4.69, 9.17) is 14.2 Å². The molecule has 0 aromatic heterocycles. The first-order valence-corrected chi connectivity index (χ1v) is 29.4. The predicted octanol–water partition coefficient (Wildman–Crippen LogP) is 19.8. The van der Waals surface area contributed by atoms with Gasteiger partial charge in [-0.3, -0.25) is 14.4 Å². The average Bonchev–Trinajstić information content (AvgIpc) is 3.35. The minimum absolute atomic E-state index is 0.0893. The van der Waals surface area contributed by atoms with Gasteiger partial charge in [0.05, 0.1) is 0 Å². The van der Waals surface area contributed by atoms with Gasteiger partial charge >= 0.3 is 17.9 Å². The molecule has 0 rings (SSSR count). The number of ether oxygens (including phenoxy) is 3. The van der Waals surface area contributed by atoms with Crippen LogP contribution in [0.1, 0.15) is 290 Å². The molecular formula is C63H110O6. The van der Waals surface area contributed by atoms with Crippen LogP contribution >= 0.6 is 0 Å². The summed E-state index contributed by atoms with van der Waals surface area (Å²) in [6.45, 7) is 6.58. The third kappa shape index (κ3) is 55.6. The molecule has 0 aliphatic heterocycles. The van der Waals surface area contributed by atoms with Gasteiger partial charge < -0.3 is 14.2 Å². The van der Waals surface area contributed by atoms with Crippen molar-refractivity contribution in [2.75, 3.05) is 13.2 Å². The van der Waals surface area contributed by atoms with Gasteiger partial charge in [-0.1, -0.05) is 229 Å². The number of rotatable bonds is 53. The Hall–Kier alpha value is -3.15. The van der Waals surface area contributed by atoms with E-state index in [1.54, 1.807) is 0 Å². The van der Waals surface area contributed by atoms with Crippen LogP contribution in [0, 0.1) is 0 Å². The molecule has 0 fully saturated rings. The Bertz CT molecular complexity index is 1290. The summed E-state index contributed by atoms with van der Waals surface area (Å²) in [7, 11) is 0. The molecule has 0 heterocycles. The van der Waals surface area contributed by atoms with Gasteiger partial charge in [-0.15, -0.1) is 0 Å². The van der Waals surface area contributed by atoms with Crippen LogP contribution in [-0.4, -0.2) is 37.2 Å². The largest absolute Gasteiger partial charge is 0.462 e. The van der Waals surface area contributed by atoms with Crippen molar-refractivity contribution in [2.45, 2.75) is 297 Å². The molecular weight excluding hydrogens is 853 g/mol. The average molecular weight is 964 g/mol. The zero-order valence-electron chi connectivity index (χ0n) is 45.6. The number of carbonyl (C=O) groups excluding carboxylic acids is 3. The molecule has 0 spiro atoms. The molecule has 0 aromatic carbocycles. The van der Waals surface area contributed by atoms with Crippen LogP contribution < -0.4 is 0 Å². The summed E-state index contributed by atoms with van der Waals surface area (Å²) in [4.78, 5) is 38.2. The lowest BCUT2D eigenvalue weighted by Gasteiger charge is -2.18. The van der Waals surface area contributed by atoms with Gasteiger partial charge in [-0.2, -0.15) is 0 Å². The van der Waals surface area contributed by atoms with Crippen LogP contribution in [0.3, 0.4) is 0 Å². The highest BCUT2D eigenvalue weighted by atomic mass is 16.6. The molecule has 0 N–H and O–H groups in total. The lowest BCUT2D eigenvalue weighted by Crippen LogP contribution is -2.30. The summed E-state index contributed by atoms with van der Waals surface area (Å²) in [5, 5.41) is 0. The van der Waals surface area contributed by atoms with Crippen molar-refractivity contribution >= 4 is 17.9 Å². The van der Waals surface area contributed by atoms with Crippen molar-refractivity contribution in [1.82, 2.24) is 0 Å². The van der Waals surface area contributed by atoms with E-state index in [9.17, 15) is 14.4 Å². The minimum atomic E-state index is -0.792. The molecule has 0 saturated heterocycles. The van der Waals surface area contributed by atoms with Crippen LogP contribution in [-0.2, 0) is 28.6 Å². The maximum absolute atomic E-state index is 12.8. The van der Waals surface area contributed by atoms with Gasteiger partial charge in [-0.05, 0) is 116 Å². The Morgan fingerprint density at radius 1 is 0.290 bits per heavy atom. The molecule has 0 aromatic rings. The maximum atomic E-state index is 12.8. The van der Waals surface area contributed by atoms with Crippen LogP contribution in [0.4, 0.5) is 0 Å². The van der Waals surface area contributed by atoms with E-state index in [0.717, 1.165) is 109 Å². The molecule has 0 aliphatic rings. The minimum Gasteiger partial charge on any atom is -0.462 e. The zero-order valence-corrected chi connectivity index (χ0v) is 45.6. The zero-order chi connectivity index (χ0) is 50.0. The van der Waals surface area contributed by atoms with E-state index in [2.05, 4.69) is 93.7 Å². The third-order valence-electron chi connectivity index (χ3n) is 12.7. The standard InChI is InChI=1S/C63H110O6/c1-4-7-10-13-16-19-22-25-28-29-30-31-32-33-36-38-41-44-47-50-53-56-62(65)68-59-60(69-63(66)57-54-51-48-45-42-39-35-27-24-21-18-15-12-9-6-3)58-67-61(64)55-52-49-46-43-40-37-34-26-23-20-17-14-11-8-5-2/h18,21-22,25-27,29-30,32-35,60H,4-17,19-20,23-24,28,31,36-59H2,1-3H3/b21-18-,25-22-,30-29-,33-32-,34-26-,35-27-. The smallest absolute Gasteiger partial charge is 0.306 e. The number of carbonyl (C=O) groups is 3. The number of allylic oxidation sites excluding steroid dienone is 12. The van der Waals surface area contributed by atoms with E-state index < -0.39 is 6.10 Å². The van der Waals surface area contributed by atoms with E-state index in [1.165, 1.54) is 141 Å². The van der Waals surface area contributed by atoms with E-state index in [-0.39, 0.29) is 31.1 Å². The van der Waals surface area contributed by atoms with Crippen molar-refractivity contribution in [3.8, 4) is 0 Å². The molecule has 69 heavy (non-hydrogen) atoms. The van der Waals surface area contributed by atoms with E-state index >= 15 is 0 Å². The Morgan fingerprint density at radius 2 is 0.522 bits per heavy atom. The molecule has 1 atom stereocenters. The molecule has 0 bridgehead atoms. The van der Waals surface area contributed by atoms with Crippen molar-refractivity contribution in [1.29, 1.82) is 0 Å². The summed E-state index contributed by atoms with van der Waals surface area (Å²) in [5.41, 5.74) is 0. The quantitative estimate of drug-likeness (QED) is 0.0262. The number of esters is 3. The lowest BCUT2D eigenvalue weighted by molar-refractivity contribution is -0.167. The molecule has 0 saturated carbocycles. The molecule has 6 heteroatoms. The SMILES string of the molecule is CCCCC/C=C\C/C=C\CCCCCCCC(=O)OC(COC(=O)CCCCCCC/C=C\CCCCCCCC)COC(=O)CCCCCCCC/C=C\C/C=C\C/C=C\CCCCCCC. The first-order chi connectivity index (χ1) is 34.0. The topological polar surface area (TPSA) is 78.9 Å². The molecule has 0 amide bonds. The highest BCUT2D eigenvalue weighted by molar-refractivity contribution is 5.71. The second-order valence-electron chi connectivity index (χ2n) is 19.5. The summed E-state index contributed by atoms with van der Waals surface area (Å²) in [6, 6.07) is 0. The fraction of sp³-hybridized carbons (Fsp3) is 0.762. The fourth-order valence-corrected chi connectivity index (χ4v) is 8.18.